The van der Waals surface area contributed by atoms with Gasteiger partial charge in [-0.15, -0.1) is 6.58 Å². The Morgan fingerprint density at radius 1 is 1.10 bits per heavy atom. The van der Waals surface area contributed by atoms with Crippen molar-refractivity contribution in [1.29, 1.82) is 0 Å². The van der Waals surface area contributed by atoms with E-state index in [0.717, 1.165) is 6.07 Å². The van der Waals surface area contributed by atoms with Gasteiger partial charge in [0.1, 0.15) is 14.5 Å². The molecule has 0 aliphatic rings. The minimum absolute atomic E-state index is 0.399. The molecule has 1 rings (SSSR count). The smallest absolute Gasteiger partial charge is 0.321 e. The van der Waals surface area contributed by atoms with Gasteiger partial charge in [-0.1, -0.05) is 36.1 Å². The Hall–Kier alpha value is -2.02. The van der Waals surface area contributed by atoms with Crippen LogP contribution in [0.15, 0.2) is 36.5 Å². The number of hydrogen-bond acceptors (Lipinski definition) is 2. The molecule has 0 aromatic heterocycles. The molecule has 1 amide bonds. The molecule has 1 atom stereocenters. The summed E-state index contributed by atoms with van der Waals surface area (Å²) < 4.78 is 119. The first-order valence-electron chi connectivity index (χ1n) is 7.79. The first-order valence-corrected chi connectivity index (χ1v) is 10.9. The molecule has 0 radical (unpaired) electrons. The minimum atomic E-state index is -6.39. The lowest BCUT2D eigenvalue weighted by Gasteiger charge is -2.30. The molecule has 1 aromatic carbocycles. The first-order chi connectivity index (χ1) is 12.8. The van der Waals surface area contributed by atoms with Gasteiger partial charge in [0.15, 0.2) is 0 Å². The molecule has 13 heteroatoms. The van der Waals surface area contributed by atoms with Gasteiger partial charge in [0, 0.05) is 5.69 Å². The van der Waals surface area contributed by atoms with Gasteiger partial charge in [-0.05, 0) is 12.1 Å². The average Bonchev–Trinajstić information content (AvgIpc) is 2.51. The van der Waals surface area contributed by atoms with E-state index in [-0.39, 0.29) is 0 Å². The number of hydrogen-bond donors (Lipinski definition) is 1. The molecular formula is C16H16F9NO2Si. The molecule has 0 aliphatic carbocycles. The van der Waals surface area contributed by atoms with Crippen LogP contribution in [0, 0.1) is 0 Å². The van der Waals surface area contributed by atoms with Gasteiger partial charge >= 0.3 is 24.3 Å². The molecule has 0 heterocycles. The summed E-state index contributed by atoms with van der Waals surface area (Å²) in [5.74, 6) is -8.48. The Morgan fingerprint density at radius 2 is 1.66 bits per heavy atom. The molecule has 0 aliphatic heterocycles. The van der Waals surface area contributed by atoms with Crippen molar-refractivity contribution < 1.29 is 49.0 Å². The largest absolute Gasteiger partial charge is 0.458 e. The number of benzene rings is 1. The third-order valence-electron chi connectivity index (χ3n) is 3.73. The van der Waals surface area contributed by atoms with Crippen molar-refractivity contribution in [2.45, 2.75) is 43.8 Å². The summed E-state index contributed by atoms with van der Waals surface area (Å²) in [5, 5.41) is 1.97. The van der Waals surface area contributed by atoms with Gasteiger partial charge in [0.2, 0.25) is 0 Å². The number of carbonyl (C=O) groups is 1. The van der Waals surface area contributed by atoms with Crippen LogP contribution in [-0.2, 0) is 9.53 Å². The van der Waals surface area contributed by atoms with Gasteiger partial charge in [-0.25, -0.2) is 0 Å². The fraction of sp³-hybridized carbons (Fsp3) is 0.438. The zero-order valence-electron chi connectivity index (χ0n) is 15.0. The molecule has 164 valence electrons. The summed E-state index contributed by atoms with van der Waals surface area (Å²) in [5.41, 5.74) is 1.20. The van der Waals surface area contributed by atoms with E-state index in [1.807, 2.05) is 0 Å². The van der Waals surface area contributed by atoms with Crippen LogP contribution in [0.1, 0.15) is 6.42 Å². The van der Waals surface area contributed by atoms with Crippen molar-refractivity contribution in [2.75, 3.05) is 5.32 Å². The second-order valence-corrected chi connectivity index (χ2v) is 11.0. The summed E-state index contributed by atoms with van der Waals surface area (Å²) in [4.78, 5) is 11.8. The van der Waals surface area contributed by atoms with Crippen molar-refractivity contribution in [3.63, 3.8) is 0 Å². The predicted molar refractivity (Wildman–Crippen MR) is 89.0 cm³/mol. The average molecular weight is 453 g/mol. The maximum Gasteiger partial charge on any atom is 0.458 e. The SMILES string of the molecule is C=C[Si](C)(C)c1cccc(NC(=O)C(F)(OC(F)(F)CC(F)(F)F)C(F)(F)F)c1. The van der Waals surface area contributed by atoms with Gasteiger partial charge in [-0.3, -0.25) is 9.53 Å². The molecular weight excluding hydrogens is 437 g/mol. The Balaban J connectivity index is 3.22. The van der Waals surface area contributed by atoms with E-state index in [2.05, 4.69) is 11.3 Å². The van der Waals surface area contributed by atoms with E-state index < -0.39 is 50.4 Å². The Kier molecular flexibility index (Phi) is 6.91. The molecule has 29 heavy (non-hydrogen) atoms. The van der Waals surface area contributed by atoms with Gasteiger partial charge < -0.3 is 5.32 Å². The summed E-state index contributed by atoms with van der Waals surface area (Å²) >= 11 is 0. The third kappa shape index (κ3) is 6.49. The van der Waals surface area contributed by atoms with Crippen LogP contribution in [0.2, 0.25) is 13.1 Å². The molecule has 0 saturated carbocycles. The van der Waals surface area contributed by atoms with Gasteiger partial charge in [-0.2, -0.15) is 39.5 Å². The van der Waals surface area contributed by atoms with Crippen molar-refractivity contribution in [3.8, 4) is 0 Å². The van der Waals surface area contributed by atoms with E-state index >= 15 is 0 Å². The van der Waals surface area contributed by atoms with Crippen molar-refractivity contribution in [3.05, 3.63) is 36.5 Å². The number of nitrogens with one attached hydrogen (secondary N) is 1. The quantitative estimate of drug-likeness (QED) is 0.463. The van der Waals surface area contributed by atoms with E-state index in [4.69, 9.17) is 0 Å². The van der Waals surface area contributed by atoms with E-state index in [1.165, 1.54) is 17.4 Å². The number of anilines is 1. The van der Waals surface area contributed by atoms with Gasteiger partial charge in [0.25, 0.3) is 5.91 Å². The second kappa shape index (κ2) is 8.01. The molecule has 0 bridgehead atoms. The van der Waals surface area contributed by atoms with Crippen LogP contribution in [0.25, 0.3) is 0 Å². The number of rotatable bonds is 7. The highest BCUT2D eigenvalue weighted by Crippen LogP contribution is 2.43. The highest BCUT2D eigenvalue weighted by atomic mass is 28.3. The maximum absolute atomic E-state index is 14.2. The Labute approximate surface area is 160 Å². The van der Waals surface area contributed by atoms with Crippen molar-refractivity contribution in [2.24, 2.45) is 0 Å². The molecule has 1 unspecified atom stereocenters. The highest BCUT2D eigenvalue weighted by Gasteiger charge is 2.68. The summed E-state index contributed by atoms with van der Waals surface area (Å²) in [7, 11) is -2.26. The zero-order chi connectivity index (χ0) is 22.9. The topological polar surface area (TPSA) is 38.3 Å². The summed E-state index contributed by atoms with van der Waals surface area (Å²) in [6.07, 6.45) is -20.9. The molecule has 1 N–H and O–H groups in total. The summed E-state index contributed by atoms with van der Waals surface area (Å²) in [6.45, 7) is 7.19. The standard InChI is InChI=1S/C16H16F9NO2Si/c1-4-29(2,3)11-7-5-6-10(8-11)26-12(27)15(22,16(23,24)25)28-14(20,21)9-13(17,18)19/h4-8H,1,9H2,2-3H3,(H,26,27). The predicted octanol–water partition coefficient (Wildman–Crippen LogP) is 5.06. The number of alkyl halides is 9. The first kappa shape index (κ1) is 25.0. The third-order valence-corrected chi connectivity index (χ3v) is 6.55. The second-order valence-electron chi connectivity index (χ2n) is 6.59. The van der Waals surface area contributed by atoms with Gasteiger partial charge in [0.05, 0.1) is 0 Å². The number of carbonyl (C=O) groups excluding carboxylic acids is 1. The van der Waals surface area contributed by atoms with Crippen molar-refractivity contribution in [1.82, 2.24) is 0 Å². The van der Waals surface area contributed by atoms with Crippen LogP contribution in [-0.4, -0.2) is 38.3 Å². The number of halogens is 9. The molecule has 3 nitrogen and oxygen atoms in total. The lowest BCUT2D eigenvalue weighted by molar-refractivity contribution is -0.405. The fourth-order valence-corrected chi connectivity index (χ4v) is 3.32. The highest BCUT2D eigenvalue weighted by molar-refractivity contribution is 6.93. The minimum Gasteiger partial charge on any atom is -0.321 e. The lowest BCUT2D eigenvalue weighted by atomic mass is 10.2. The van der Waals surface area contributed by atoms with Crippen LogP contribution < -0.4 is 10.5 Å². The van der Waals surface area contributed by atoms with E-state index in [0.29, 0.717) is 5.19 Å². The van der Waals surface area contributed by atoms with Crippen LogP contribution in [0.5, 0.6) is 0 Å². The summed E-state index contributed by atoms with van der Waals surface area (Å²) in [6, 6.07) is 5.08. The lowest BCUT2D eigenvalue weighted by Crippen LogP contribution is -2.56. The zero-order valence-corrected chi connectivity index (χ0v) is 16.0. The maximum atomic E-state index is 14.2. The van der Waals surface area contributed by atoms with Crippen LogP contribution in [0.4, 0.5) is 45.2 Å². The Morgan fingerprint density at radius 3 is 2.10 bits per heavy atom. The Bertz CT molecular complexity index is 761. The molecule has 0 saturated heterocycles. The fourth-order valence-electron chi connectivity index (χ4n) is 2.04. The van der Waals surface area contributed by atoms with Crippen LogP contribution >= 0.6 is 0 Å². The molecule has 1 aromatic rings. The monoisotopic (exact) mass is 453 g/mol. The van der Waals surface area contributed by atoms with Crippen LogP contribution in [0.3, 0.4) is 0 Å². The number of ether oxygens (including phenoxy) is 1. The number of amides is 1. The van der Waals surface area contributed by atoms with E-state index in [9.17, 15) is 44.3 Å². The normalized spacial score (nSPS) is 15.6. The van der Waals surface area contributed by atoms with E-state index in [1.54, 1.807) is 24.9 Å². The van der Waals surface area contributed by atoms with Crippen molar-refractivity contribution >= 4 is 24.9 Å². The molecule has 0 fully saturated rings. The molecule has 0 spiro atoms.